The van der Waals surface area contributed by atoms with Gasteiger partial charge in [0.15, 0.2) is 5.96 Å². The lowest BCUT2D eigenvalue weighted by molar-refractivity contribution is 0.181. The van der Waals surface area contributed by atoms with Gasteiger partial charge in [-0.3, -0.25) is 4.99 Å². The molecular formula is C17H27ClIN3O2. The summed E-state index contributed by atoms with van der Waals surface area (Å²) in [5, 5.41) is 4.13. The van der Waals surface area contributed by atoms with E-state index in [2.05, 4.69) is 22.3 Å². The van der Waals surface area contributed by atoms with Gasteiger partial charge in [0, 0.05) is 44.7 Å². The molecule has 0 saturated carbocycles. The summed E-state index contributed by atoms with van der Waals surface area (Å²) in [5.41, 5.74) is 1.10. The number of hydrogen-bond acceptors (Lipinski definition) is 3. The number of ether oxygens (including phenoxy) is 2. The van der Waals surface area contributed by atoms with E-state index in [0.29, 0.717) is 5.92 Å². The molecule has 1 aliphatic rings. The predicted octanol–water partition coefficient (Wildman–Crippen LogP) is 3.05. The number of guanidine groups is 1. The first kappa shape index (κ1) is 21.3. The van der Waals surface area contributed by atoms with E-state index >= 15 is 0 Å². The summed E-state index contributed by atoms with van der Waals surface area (Å²) < 4.78 is 10.6. The topological polar surface area (TPSA) is 46.1 Å². The van der Waals surface area contributed by atoms with Crippen LogP contribution in [0, 0.1) is 5.92 Å². The first-order valence-corrected chi connectivity index (χ1v) is 8.33. The van der Waals surface area contributed by atoms with Gasteiger partial charge in [0.25, 0.3) is 0 Å². The maximum absolute atomic E-state index is 6.27. The molecule has 1 N–H and O–H groups in total. The molecule has 1 aromatic carbocycles. The molecule has 0 aromatic heterocycles. The Hall–Kier alpha value is -0.730. The van der Waals surface area contributed by atoms with Crippen LogP contribution in [0.15, 0.2) is 23.2 Å². The van der Waals surface area contributed by atoms with Crippen LogP contribution in [0.5, 0.6) is 5.75 Å². The maximum atomic E-state index is 6.27. The second-order valence-corrected chi connectivity index (χ2v) is 6.20. The quantitative estimate of drug-likeness (QED) is 0.397. The zero-order valence-corrected chi connectivity index (χ0v) is 17.6. The summed E-state index contributed by atoms with van der Waals surface area (Å²) in [6, 6.07) is 5.78. The molecule has 0 bridgehead atoms. The summed E-state index contributed by atoms with van der Waals surface area (Å²) in [6.45, 7) is 3.47. The van der Waals surface area contributed by atoms with Gasteiger partial charge in [-0.25, -0.2) is 0 Å². The minimum Gasteiger partial charge on any atom is -0.497 e. The highest BCUT2D eigenvalue weighted by Crippen LogP contribution is 2.22. The number of rotatable bonds is 6. The van der Waals surface area contributed by atoms with Crippen LogP contribution >= 0.6 is 35.6 Å². The molecule has 1 unspecified atom stereocenters. The third-order valence-electron chi connectivity index (χ3n) is 4.07. The number of nitrogens with one attached hydrogen (secondary N) is 1. The van der Waals surface area contributed by atoms with E-state index in [-0.39, 0.29) is 24.0 Å². The van der Waals surface area contributed by atoms with Gasteiger partial charge in [0.05, 0.1) is 13.7 Å². The van der Waals surface area contributed by atoms with Crippen molar-refractivity contribution in [2.24, 2.45) is 10.9 Å². The van der Waals surface area contributed by atoms with Crippen molar-refractivity contribution < 1.29 is 9.47 Å². The number of hydrogen-bond donors (Lipinski definition) is 1. The summed E-state index contributed by atoms with van der Waals surface area (Å²) in [4.78, 5) is 6.51. The molecule has 0 amide bonds. The minimum atomic E-state index is 0. The van der Waals surface area contributed by atoms with Crippen molar-refractivity contribution in [3.05, 3.63) is 28.8 Å². The zero-order valence-electron chi connectivity index (χ0n) is 14.5. The minimum absolute atomic E-state index is 0. The highest BCUT2D eigenvalue weighted by molar-refractivity contribution is 14.0. The Bertz CT molecular complexity index is 537. The Morgan fingerprint density at radius 2 is 2.29 bits per heavy atom. The van der Waals surface area contributed by atoms with Crippen molar-refractivity contribution in [2.45, 2.75) is 12.8 Å². The van der Waals surface area contributed by atoms with Crippen molar-refractivity contribution >= 4 is 41.5 Å². The van der Waals surface area contributed by atoms with E-state index in [9.17, 15) is 0 Å². The Kier molecular flexibility index (Phi) is 9.76. The number of benzene rings is 1. The molecule has 2 rings (SSSR count). The second-order valence-electron chi connectivity index (χ2n) is 5.79. The Labute approximate surface area is 166 Å². The van der Waals surface area contributed by atoms with Crippen LogP contribution in [0.25, 0.3) is 0 Å². The summed E-state index contributed by atoms with van der Waals surface area (Å²) in [7, 11) is 5.51. The largest absolute Gasteiger partial charge is 0.497 e. The van der Waals surface area contributed by atoms with Crippen molar-refractivity contribution in [2.75, 3.05) is 47.5 Å². The van der Waals surface area contributed by atoms with Crippen molar-refractivity contribution in [3.8, 4) is 5.75 Å². The fourth-order valence-electron chi connectivity index (χ4n) is 2.75. The molecule has 0 radical (unpaired) electrons. The highest BCUT2D eigenvalue weighted by atomic mass is 127. The van der Waals surface area contributed by atoms with Gasteiger partial charge in [0.2, 0.25) is 0 Å². The summed E-state index contributed by atoms with van der Waals surface area (Å²) in [5.74, 6) is 2.28. The molecule has 1 saturated heterocycles. The van der Waals surface area contributed by atoms with E-state index in [1.807, 2.05) is 25.2 Å². The van der Waals surface area contributed by atoms with E-state index < -0.39 is 0 Å². The molecule has 1 fully saturated rings. The van der Waals surface area contributed by atoms with Gasteiger partial charge in [-0.2, -0.15) is 0 Å². The lowest BCUT2D eigenvalue weighted by atomic mass is 10.1. The van der Waals surface area contributed by atoms with E-state index in [4.69, 9.17) is 21.1 Å². The standard InChI is InChI=1S/C17H26ClN3O2.HI/c1-19-17(21(2)11-13-7-9-23-12-13)20-8-6-14-4-5-15(22-3)10-16(14)18;/h4-5,10,13H,6-9,11-12H2,1-3H3,(H,19,20);1H. The first-order valence-electron chi connectivity index (χ1n) is 7.96. The van der Waals surface area contributed by atoms with E-state index in [1.165, 1.54) is 0 Å². The second kappa shape index (κ2) is 11.0. The molecule has 1 heterocycles. The molecule has 0 aliphatic carbocycles. The van der Waals surface area contributed by atoms with Crippen molar-refractivity contribution in [1.82, 2.24) is 10.2 Å². The van der Waals surface area contributed by atoms with Crippen LogP contribution in [0.2, 0.25) is 5.02 Å². The van der Waals surface area contributed by atoms with E-state index in [1.54, 1.807) is 7.11 Å². The van der Waals surface area contributed by atoms with Crippen LogP contribution in [0.4, 0.5) is 0 Å². The van der Waals surface area contributed by atoms with E-state index in [0.717, 1.165) is 61.4 Å². The van der Waals surface area contributed by atoms with Crippen LogP contribution in [0.1, 0.15) is 12.0 Å². The Balaban J connectivity index is 0.00000288. The number of methoxy groups -OCH3 is 1. The maximum Gasteiger partial charge on any atom is 0.193 e. The van der Waals surface area contributed by atoms with Gasteiger partial charge in [-0.15, -0.1) is 24.0 Å². The molecule has 7 heteroatoms. The first-order chi connectivity index (χ1) is 11.1. The van der Waals surface area contributed by atoms with Crippen molar-refractivity contribution in [1.29, 1.82) is 0 Å². The summed E-state index contributed by atoms with van der Waals surface area (Å²) >= 11 is 6.27. The van der Waals surface area contributed by atoms with Gasteiger partial charge in [-0.1, -0.05) is 17.7 Å². The molecular weight excluding hydrogens is 441 g/mol. The number of halogens is 2. The van der Waals surface area contributed by atoms with Gasteiger partial charge in [-0.05, 0) is 30.5 Å². The van der Waals surface area contributed by atoms with Gasteiger partial charge < -0.3 is 19.7 Å². The highest BCUT2D eigenvalue weighted by Gasteiger charge is 2.18. The molecule has 1 atom stereocenters. The number of aliphatic imine (C=N–C) groups is 1. The third kappa shape index (κ3) is 6.29. The number of nitrogens with zero attached hydrogens (tertiary/aromatic N) is 2. The van der Waals surface area contributed by atoms with Gasteiger partial charge >= 0.3 is 0 Å². The van der Waals surface area contributed by atoms with Crippen LogP contribution < -0.4 is 10.1 Å². The van der Waals surface area contributed by atoms with Crippen molar-refractivity contribution in [3.63, 3.8) is 0 Å². The lowest BCUT2D eigenvalue weighted by Crippen LogP contribution is -2.42. The zero-order chi connectivity index (χ0) is 16.7. The molecule has 5 nitrogen and oxygen atoms in total. The monoisotopic (exact) mass is 467 g/mol. The fourth-order valence-corrected chi connectivity index (χ4v) is 3.02. The average molecular weight is 468 g/mol. The SMILES string of the molecule is CN=C(NCCc1ccc(OC)cc1Cl)N(C)CC1CCOC1.I. The molecule has 136 valence electrons. The molecule has 1 aromatic rings. The molecule has 0 spiro atoms. The Morgan fingerprint density at radius 1 is 1.50 bits per heavy atom. The smallest absolute Gasteiger partial charge is 0.193 e. The molecule has 24 heavy (non-hydrogen) atoms. The predicted molar refractivity (Wildman–Crippen MR) is 110 cm³/mol. The third-order valence-corrected chi connectivity index (χ3v) is 4.42. The summed E-state index contributed by atoms with van der Waals surface area (Å²) in [6.07, 6.45) is 1.96. The normalized spacial score (nSPS) is 17.3. The van der Waals surface area contributed by atoms with Crippen LogP contribution in [-0.4, -0.2) is 58.4 Å². The van der Waals surface area contributed by atoms with Gasteiger partial charge in [0.1, 0.15) is 5.75 Å². The lowest BCUT2D eigenvalue weighted by Gasteiger charge is -2.24. The average Bonchev–Trinajstić information content (AvgIpc) is 3.05. The van der Waals surface area contributed by atoms with Crippen LogP contribution in [0.3, 0.4) is 0 Å². The Morgan fingerprint density at radius 3 is 2.88 bits per heavy atom. The fraction of sp³-hybridized carbons (Fsp3) is 0.588. The molecule has 1 aliphatic heterocycles. The van der Waals surface area contributed by atoms with Crippen LogP contribution in [-0.2, 0) is 11.2 Å².